The second kappa shape index (κ2) is 1.73. The standard InChI is InChI=1S/C7H15N/c1-6(5-8)7(2)3-4-7/h6H,3-5,8H2,1-2H3. The second-order valence-electron chi connectivity index (χ2n) is 3.29. The van der Waals surface area contributed by atoms with Gasteiger partial charge in [-0.05, 0) is 30.7 Å². The van der Waals surface area contributed by atoms with Crippen LogP contribution in [0.5, 0.6) is 0 Å². The van der Waals surface area contributed by atoms with Gasteiger partial charge >= 0.3 is 0 Å². The molecule has 1 unspecified atom stereocenters. The van der Waals surface area contributed by atoms with Gasteiger partial charge in [-0.15, -0.1) is 0 Å². The van der Waals surface area contributed by atoms with Gasteiger partial charge in [-0.1, -0.05) is 13.8 Å². The SMILES string of the molecule is CC(CN)C1(C)CC1. The quantitative estimate of drug-likeness (QED) is 0.575. The highest BCUT2D eigenvalue weighted by molar-refractivity contribution is 4.92. The summed E-state index contributed by atoms with van der Waals surface area (Å²) in [6, 6.07) is 0. The van der Waals surface area contributed by atoms with Crippen LogP contribution in [0.4, 0.5) is 0 Å². The minimum atomic E-state index is 0.634. The molecule has 0 bridgehead atoms. The largest absolute Gasteiger partial charge is 0.330 e. The fourth-order valence-electron chi connectivity index (χ4n) is 0.974. The van der Waals surface area contributed by atoms with Crippen LogP contribution in [0.1, 0.15) is 26.7 Å². The summed E-state index contributed by atoms with van der Waals surface area (Å²) in [5, 5.41) is 0. The fourth-order valence-corrected chi connectivity index (χ4v) is 0.974. The topological polar surface area (TPSA) is 26.0 Å². The van der Waals surface area contributed by atoms with Gasteiger partial charge in [-0.2, -0.15) is 0 Å². The molecule has 2 N–H and O–H groups in total. The van der Waals surface area contributed by atoms with E-state index in [1.54, 1.807) is 0 Å². The molecule has 0 radical (unpaired) electrons. The minimum absolute atomic E-state index is 0.634. The van der Waals surface area contributed by atoms with Crippen LogP contribution in [0, 0.1) is 11.3 Å². The monoisotopic (exact) mass is 113 g/mol. The maximum atomic E-state index is 5.50. The van der Waals surface area contributed by atoms with Crippen molar-refractivity contribution in [2.75, 3.05) is 6.54 Å². The van der Waals surface area contributed by atoms with Gasteiger partial charge in [-0.25, -0.2) is 0 Å². The summed E-state index contributed by atoms with van der Waals surface area (Å²) >= 11 is 0. The molecule has 0 aromatic carbocycles. The van der Waals surface area contributed by atoms with Gasteiger partial charge in [0.15, 0.2) is 0 Å². The van der Waals surface area contributed by atoms with Gasteiger partial charge in [-0.3, -0.25) is 0 Å². The normalized spacial score (nSPS) is 27.4. The maximum Gasteiger partial charge on any atom is -0.00463 e. The maximum absolute atomic E-state index is 5.50. The number of hydrogen-bond acceptors (Lipinski definition) is 1. The molecule has 0 aliphatic heterocycles. The highest BCUT2D eigenvalue weighted by Crippen LogP contribution is 2.50. The van der Waals surface area contributed by atoms with Gasteiger partial charge < -0.3 is 5.73 Å². The van der Waals surface area contributed by atoms with Crippen LogP contribution in [-0.2, 0) is 0 Å². The molecule has 1 aliphatic rings. The van der Waals surface area contributed by atoms with Crippen molar-refractivity contribution in [3.05, 3.63) is 0 Å². The Morgan fingerprint density at radius 2 is 2.12 bits per heavy atom. The Morgan fingerprint density at radius 3 is 2.25 bits per heavy atom. The lowest BCUT2D eigenvalue weighted by molar-refractivity contribution is 0.374. The fraction of sp³-hybridized carbons (Fsp3) is 1.00. The molecule has 1 fully saturated rings. The van der Waals surface area contributed by atoms with Crippen molar-refractivity contribution >= 4 is 0 Å². The van der Waals surface area contributed by atoms with Gasteiger partial charge in [0.1, 0.15) is 0 Å². The van der Waals surface area contributed by atoms with E-state index < -0.39 is 0 Å². The van der Waals surface area contributed by atoms with Gasteiger partial charge in [0, 0.05) is 0 Å². The van der Waals surface area contributed by atoms with Gasteiger partial charge in [0.25, 0.3) is 0 Å². The summed E-state index contributed by atoms with van der Waals surface area (Å²) in [6.45, 7) is 5.42. The molecular formula is C7H15N. The Morgan fingerprint density at radius 1 is 1.62 bits per heavy atom. The molecule has 8 heavy (non-hydrogen) atoms. The zero-order valence-corrected chi connectivity index (χ0v) is 5.78. The van der Waals surface area contributed by atoms with Crippen LogP contribution in [0.2, 0.25) is 0 Å². The van der Waals surface area contributed by atoms with E-state index in [9.17, 15) is 0 Å². The molecule has 0 aromatic heterocycles. The van der Waals surface area contributed by atoms with Crippen LogP contribution >= 0.6 is 0 Å². The number of hydrogen-bond donors (Lipinski definition) is 1. The van der Waals surface area contributed by atoms with Crippen LogP contribution in [0.3, 0.4) is 0 Å². The summed E-state index contributed by atoms with van der Waals surface area (Å²) in [4.78, 5) is 0. The molecule has 1 heteroatoms. The molecule has 1 atom stereocenters. The third kappa shape index (κ3) is 0.873. The van der Waals surface area contributed by atoms with E-state index in [4.69, 9.17) is 5.73 Å². The number of nitrogens with two attached hydrogens (primary N) is 1. The Labute approximate surface area is 51.3 Å². The number of rotatable bonds is 2. The average molecular weight is 113 g/mol. The summed E-state index contributed by atoms with van der Waals surface area (Å²) in [6.07, 6.45) is 2.79. The summed E-state index contributed by atoms with van der Waals surface area (Å²) in [5.74, 6) is 0.738. The van der Waals surface area contributed by atoms with Crippen molar-refractivity contribution in [2.45, 2.75) is 26.7 Å². The van der Waals surface area contributed by atoms with Crippen molar-refractivity contribution in [3.63, 3.8) is 0 Å². The predicted octanol–water partition coefficient (Wildman–Crippen LogP) is 1.38. The lowest BCUT2D eigenvalue weighted by atomic mass is 9.93. The minimum Gasteiger partial charge on any atom is -0.330 e. The van der Waals surface area contributed by atoms with E-state index in [-0.39, 0.29) is 0 Å². The molecular weight excluding hydrogens is 98.1 g/mol. The van der Waals surface area contributed by atoms with Crippen molar-refractivity contribution in [1.82, 2.24) is 0 Å². The highest BCUT2D eigenvalue weighted by Gasteiger charge is 2.41. The van der Waals surface area contributed by atoms with E-state index in [0.29, 0.717) is 5.41 Å². The van der Waals surface area contributed by atoms with E-state index in [1.807, 2.05) is 0 Å². The zero-order valence-electron chi connectivity index (χ0n) is 5.78. The Balaban J connectivity index is 2.34. The molecule has 1 nitrogen and oxygen atoms in total. The molecule has 0 spiro atoms. The third-order valence-electron chi connectivity index (χ3n) is 2.58. The Kier molecular flexibility index (Phi) is 1.31. The molecule has 0 aromatic rings. The van der Waals surface area contributed by atoms with Crippen LogP contribution in [0.15, 0.2) is 0 Å². The smallest absolute Gasteiger partial charge is 0.00463 e. The molecule has 0 amide bonds. The third-order valence-corrected chi connectivity index (χ3v) is 2.58. The predicted molar refractivity (Wildman–Crippen MR) is 35.6 cm³/mol. The van der Waals surface area contributed by atoms with E-state index in [1.165, 1.54) is 12.8 Å². The first-order chi connectivity index (χ1) is 3.69. The summed E-state index contributed by atoms with van der Waals surface area (Å²) < 4.78 is 0. The molecule has 1 aliphatic carbocycles. The first kappa shape index (κ1) is 6.09. The highest BCUT2D eigenvalue weighted by atomic mass is 14.6. The molecule has 1 rings (SSSR count). The van der Waals surface area contributed by atoms with Crippen LogP contribution in [0.25, 0.3) is 0 Å². The first-order valence-electron chi connectivity index (χ1n) is 3.39. The lowest BCUT2D eigenvalue weighted by Crippen LogP contribution is -2.18. The van der Waals surface area contributed by atoms with Crippen molar-refractivity contribution in [3.8, 4) is 0 Å². The van der Waals surface area contributed by atoms with Crippen LogP contribution in [-0.4, -0.2) is 6.54 Å². The Bertz CT molecular complexity index is 84.4. The second-order valence-corrected chi connectivity index (χ2v) is 3.29. The molecule has 0 heterocycles. The zero-order chi connectivity index (χ0) is 6.20. The van der Waals surface area contributed by atoms with Gasteiger partial charge in [0.2, 0.25) is 0 Å². The summed E-state index contributed by atoms with van der Waals surface area (Å²) in [7, 11) is 0. The molecule has 0 saturated heterocycles. The van der Waals surface area contributed by atoms with E-state index in [2.05, 4.69) is 13.8 Å². The molecule has 48 valence electrons. The summed E-state index contributed by atoms with van der Waals surface area (Å²) in [5.41, 5.74) is 6.13. The van der Waals surface area contributed by atoms with Crippen molar-refractivity contribution < 1.29 is 0 Å². The average Bonchev–Trinajstić information content (AvgIpc) is 2.47. The Hall–Kier alpha value is -0.0400. The van der Waals surface area contributed by atoms with Crippen molar-refractivity contribution in [2.24, 2.45) is 17.1 Å². The van der Waals surface area contributed by atoms with E-state index in [0.717, 1.165) is 12.5 Å². The van der Waals surface area contributed by atoms with Crippen LogP contribution < -0.4 is 5.73 Å². The molecule has 1 saturated carbocycles. The van der Waals surface area contributed by atoms with Crippen molar-refractivity contribution in [1.29, 1.82) is 0 Å². The first-order valence-corrected chi connectivity index (χ1v) is 3.39. The lowest BCUT2D eigenvalue weighted by Gasteiger charge is -2.14. The van der Waals surface area contributed by atoms with Gasteiger partial charge in [0.05, 0.1) is 0 Å². The van der Waals surface area contributed by atoms with E-state index >= 15 is 0 Å².